The van der Waals surface area contributed by atoms with Gasteiger partial charge in [0.15, 0.2) is 0 Å². The number of nitrogen functional groups attached to an aromatic ring is 1. The van der Waals surface area contributed by atoms with Gasteiger partial charge in [0.2, 0.25) is 0 Å². The third-order valence-corrected chi connectivity index (χ3v) is 2.20. The number of hydrogen-bond donors (Lipinski definition) is 3. The normalized spacial score (nSPS) is 12.2. The van der Waals surface area contributed by atoms with Gasteiger partial charge in [-0.1, -0.05) is 0 Å². The molecule has 0 bridgehead atoms. The molecule has 0 heterocycles. The Morgan fingerprint density at radius 3 is 2.94 bits per heavy atom. The number of amides is 1. The topological polar surface area (TPSA) is 75.3 Å². The van der Waals surface area contributed by atoms with Crippen LogP contribution >= 0.6 is 0 Å². The molecule has 1 aromatic carbocycles. The molecule has 4 N–H and O–H groups in total. The van der Waals surface area contributed by atoms with E-state index in [1.165, 1.54) is 12.1 Å². The second-order valence-electron chi connectivity index (χ2n) is 3.62. The van der Waals surface area contributed by atoms with Crippen molar-refractivity contribution in [2.24, 2.45) is 0 Å². The van der Waals surface area contributed by atoms with Crippen molar-refractivity contribution >= 4 is 11.6 Å². The van der Waals surface area contributed by atoms with Crippen LogP contribution in [-0.2, 0) is 0 Å². The summed E-state index contributed by atoms with van der Waals surface area (Å²) in [5.74, 6) is -0.938. The van der Waals surface area contributed by atoms with Gasteiger partial charge in [-0.2, -0.15) is 0 Å². The van der Waals surface area contributed by atoms with E-state index in [0.29, 0.717) is 6.42 Å². The fourth-order valence-electron chi connectivity index (χ4n) is 1.29. The largest absolute Gasteiger partial charge is 0.398 e. The lowest BCUT2D eigenvalue weighted by molar-refractivity contribution is 0.0935. The van der Waals surface area contributed by atoms with Crippen molar-refractivity contribution in [1.29, 1.82) is 0 Å². The number of aliphatic hydroxyl groups excluding tert-OH is 1. The van der Waals surface area contributed by atoms with Crippen LogP contribution < -0.4 is 11.1 Å². The zero-order chi connectivity index (χ0) is 12.1. The summed E-state index contributed by atoms with van der Waals surface area (Å²) in [6.07, 6.45) is 0.445. The number of carbonyl (C=O) groups is 1. The second kappa shape index (κ2) is 5.46. The fourth-order valence-corrected chi connectivity index (χ4v) is 1.29. The van der Waals surface area contributed by atoms with Gasteiger partial charge in [-0.3, -0.25) is 4.79 Å². The Balaban J connectivity index is 2.76. The van der Waals surface area contributed by atoms with Gasteiger partial charge in [0, 0.05) is 18.3 Å². The van der Waals surface area contributed by atoms with Gasteiger partial charge in [0.1, 0.15) is 5.82 Å². The van der Waals surface area contributed by atoms with E-state index in [-0.39, 0.29) is 23.9 Å². The first kappa shape index (κ1) is 12.4. The molecule has 5 heteroatoms. The molecule has 4 nitrogen and oxygen atoms in total. The molecule has 0 spiro atoms. The molecule has 1 atom stereocenters. The number of benzene rings is 1. The van der Waals surface area contributed by atoms with E-state index in [9.17, 15) is 9.18 Å². The first-order valence-electron chi connectivity index (χ1n) is 5.01. The molecule has 88 valence electrons. The first-order chi connectivity index (χ1) is 7.54. The van der Waals surface area contributed by atoms with Crippen molar-refractivity contribution in [1.82, 2.24) is 5.32 Å². The summed E-state index contributed by atoms with van der Waals surface area (Å²) in [7, 11) is 0. The first-order valence-corrected chi connectivity index (χ1v) is 5.01. The number of nitrogens with two attached hydrogens (primary N) is 1. The molecule has 1 unspecified atom stereocenters. The van der Waals surface area contributed by atoms with E-state index in [2.05, 4.69) is 5.32 Å². The minimum Gasteiger partial charge on any atom is -0.398 e. The van der Waals surface area contributed by atoms with E-state index in [1.54, 1.807) is 6.92 Å². The highest BCUT2D eigenvalue weighted by Gasteiger charge is 2.13. The predicted octanol–water partition coefficient (Wildman–Crippen LogP) is 0.909. The Morgan fingerprint density at radius 1 is 1.62 bits per heavy atom. The lowest BCUT2D eigenvalue weighted by Gasteiger charge is -2.13. The third kappa shape index (κ3) is 3.20. The van der Waals surface area contributed by atoms with Gasteiger partial charge in [0.25, 0.3) is 5.91 Å². The quantitative estimate of drug-likeness (QED) is 0.668. The monoisotopic (exact) mass is 226 g/mol. The molecule has 0 saturated heterocycles. The summed E-state index contributed by atoms with van der Waals surface area (Å²) in [6.45, 7) is 1.74. The molecular weight excluding hydrogens is 211 g/mol. The minimum absolute atomic E-state index is 0.0138. The van der Waals surface area contributed by atoms with Crippen LogP contribution in [0.25, 0.3) is 0 Å². The number of carbonyl (C=O) groups excluding carboxylic acids is 1. The maximum Gasteiger partial charge on any atom is 0.253 e. The number of hydrogen-bond acceptors (Lipinski definition) is 3. The molecule has 0 saturated carbocycles. The molecule has 0 fully saturated rings. The van der Waals surface area contributed by atoms with E-state index in [0.717, 1.165) is 6.07 Å². The molecule has 0 radical (unpaired) electrons. The number of halogens is 1. The van der Waals surface area contributed by atoms with Gasteiger partial charge in [0.05, 0.1) is 5.56 Å². The van der Waals surface area contributed by atoms with Crippen molar-refractivity contribution in [2.45, 2.75) is 19.4 Å². The third-order valence-electron chi connectivity index (χ3n) is 2.20. The molecule has 1 aromatic rings. The van der Waals surface area contributed by atoms with Gasteiger partial charge in [-0.25, -0.2) is 4.39 Å². The summed E-state index contributed by atoms with van der Waals surface area (Å²) in [4.78, 5) is 11.7. The molecular formula is C11H15FN2O2. The van der Waals surface area contributed by atoms with Crippen LogP contribution in [0.1, 0.15) is 23.7 Å². The Morgan fingerprint density at radius 2 is 2.31 bits per heavy atom. The number of aliphatic hydroxyl groups is 1. The SMILES string of the molecule is CC(CCO)NC(=O)c1cc(F)ccc1N. The van der Waals surface area contributed by atoms with Crippen molar-refractivity contribution in [2.75, 3.05) is 12.3 Å². The van der Waals surface area contributed by atoms with Crippen molar-refractivity contribution in [3.8, 4) is 0 Å². The highest BCUT2D eigenvalue weighted by atomic mass is 19.1. The lowest BCUT2D eigenvalue weighted by Crippen LogP contribution is -2.33. The molecule has 0 aliphatic rings. The highest BCUT2D eigenvalue weighted by Crippen LogP contribution is 2.13. The maximum absolute atomic E-state index is 12.9. The second-order valence-corrected chi connectivity index (χ2v) is 3.62. The van der Waals surface area contributed by atoms with Crippen molar-refractivity contribution in [3.05, 3.63) is 29.6 Å². The zero-order valence-electron chi connectivity index (χ0n) is 9.03. The predicted molar refractivity (Wildman–Crippen MR) is 59.4 cm³/mol. The minimum atomic E-state index is -0.505. The Kier molecular flexibility index (Phi) is 4.25. The summed E-state index contributed by atoms with van der Waals surface area (Å²) in [5.41, 5.74) is 5.91. The van der Waals surface area contributed by atoms with Crippen LogP contribution in [0.2, 0.25) is 0 Å². The maximum atomic E-state index is 12.9. The number of nitrogens with one attached hydrogen (secondary N) is 1. The summed E-state index contributed by atoms with van der Waals surface area (Å²) >= 11 is 0. The molecule has 0 aliphatic carbocycles. The van der Waals surface area contributed by atoms with Crippen LogP contribution in [0.5, 0.6) is 0 Å². The van der Waals surface area contributed by atoms with Crippen LogP contribution in [0.4, 0.5) is 10.1 Å². The van der Waals surface area contributed by atoms with Crippen LogP contribution in [0.15, 0.2) is 18.2 Å². The molecule has 1 rings (SSSR count). The van der Waals surface area contributed by atoms with Gasteiger partial charge in [-0.15, -0.1) is 0 Å². The van der Waals surface area contributed by atoms with E-state index >= 15 is 0 Å². The Bertz CT molecular complexity index is 382. The summed E-state index contributed by atoms with van der Waals surface area (Å²) in [6, 6.07) is 3.46. The van der Waals surface area contributed by atoms with Crippen molar-refractivity contribution in [3.63, 3.8) is 0 Å². The average molecular weight is 226 g/mol. The van der Waals surface area contributed by atoms with Crippen LogP contribution in [-0.4, -0.2) is 23.7 Å². The lowest BCUT2D eigenvalue weighted by atomic mass is 10.1. The van der Waals surface area contributed by atoms with Crippen LogP contribution in [0, 0.1) is 5.82 Å². The van der Waals surface area contributed by atoms with Crippen LogP contribution in [0.3, 0.4) is 0 Å². The Hall–Kier alpha value is -1.62. The van der Waals surface area contributed by atoms with E-state index < -0.39 is 11.7 Å². The smallest absolute Gasteiger partial charge is 0.253 e. The molecule has 0 aromatic heterocycles. The molecule has 16 heavy (non-hydrogen) atoms. The van der Waals surface area contributed by atoms with Gasteiger partial charge in [-0.05, 0) is 31.5 Å². The van der Waals surface area contributed by atoms with Gasteiger partial charge < -0.3 is 16.2 Å². The fraction of sp³-hybridized carbons (Fsp3) is 0.364. The van der Waals surface area contributed by atoms with E-state index in [1.807, 2.05) is 0 Å². The van der Waals surface area contributed by atoms with Gasteiger partial charge >= 0.3 is 0 Å². The zero-order valence-corrected chi connectivity index (χ0v) is 9.03. The van der Waals surface area contributed by atoms with Crippen molar-refractivity contribution < 1.29 is 14.3 Å². The molecule has 0 aliphatic heterocycles. The van der Waals surface area contributed by atoms with E-state index in [4.69, 9.17) is 10.8 Å². The molecule has 1 amide bonds. The standard InChI is InChI=1S/C11H15FN2O2/c1-7(4-5-15)14-11(16)9-6-8(12)2-3-10(9)13/h2-3,6-7,15H,4-5,13H2,1H3,(H,14,16). The Labute approximate surface area is 93.3 Å². The number of anilines is 1. The average Bonchev–Trinajstić information content (AvgIpc) is 2.21. The summed E-state index contributed by atoms with van der Waals surface area (Å²) in [5, 5.41) is 11.3. The highest BCUT2D eigenvalue weighted by molar-refractivity contribution is 5.99. The number of rotatable bonds is 4. The summed E-state index contributed by atoms with van der Waals surface area (Å²) < 4.78 is 12.9.